The molecule has 7 aromatic carbocycles. The standard InChI is InChI=1S/C46H32N2/c1-46(2)39-27-33(29-10-4-3-5-11-29)19-22-35(39)36-23-20-34(28-40(36)46)32-21-24-42-38(26-32)37-14-6-7-15-41(37)48(42)43-16-8-12-30-17-18-31-13-9-25-47-45(31)44(30)43/h3-28H,1-2H3. The van der Waals surface area contributed by atoms with E-state index >= 15 is 0 Å². The van der Waals surface area contributed by atoms with Gasteiger partial charge >= 0.3 is 0 Å². The maximum atomic E-state index is 4.86. The zero-order valence-electron chi connectivity index (χ0n) is 26.9. The van der Waals surface area contributed by atoms with Crippen LogP contribution in [0.5, 0.6) is 0 Å². The van der Waals surface area contributed by atoms with Crippen molar-refractivity contribution < 1.29 is 0 Å². The Hall–Kier alpha value is -5.99. The average Bonchev–Trinajstić information content (AvgIpc) is 3.59. The fraction of sp³-hybridized carbons (Fsp3) is 0.0652. The number of hydrogen-bond acceptors (Lipinski definition) is 1. The Bertz CT molecular complexity index is 2750. The molecule has 0 atom stereocenters. The normalized spacial score (nSPS) is 13.4. The molecule has 0 radical (unpaired) electrons. The largest absolute Gasteiger partial charge is 0.309 e. The zero-order valence-corrected chi connectivity index (χ0v) is 26.9. The third-order valence-electron chi connectivity index (χ3n) is 10.6. The van der Waals surface area contributed by atoms with E-state index in [0.717, 1.165) is 16.6 Å². The van der Waals surface area contributed by atoms with E-state index in [4.69, 9.17) is 4.98 Å². The quantitative estimate of drug-likeness (QED) is 0.182. The molecular weight excluding hydrogens is 581 g/mol. The summed E-state index contributed by atoms with van der Waals surface area (Å²) in [6.45, 7) is 4.74. The van der Waals surface area contributed by atoms with E-state index in [2.05, 4.69) is 164 Å². The highest BCUT2D eigenvalue weighted by Gasteiger charge is 2.36. The van der Waals surface area contributed by atoms with Crippen molar-refractivity contribution in [2.24, 2.45) is 0 Å². The number of aromatic nitrogens is 2. The highest BCUT2D eigenvalue weighted by atomic mass is 15.0. The third-order valence-corrected chi connectivity index (χ3v) is 10.6. The van der Waals surface area contributed by atoms with Gasteiger partial charge in [-0.15, -0.1) is 0 Å². The van der Waals surface area contributed by atoms with Gasteiger partial charge in [-0.3, -0.25) is 4.98 Å². The molecule has 0 amide bonds. The molecule has 2 nitrogen and oxygen atoms in total. The Labute approximate surface area is 279 Å². The second-order valence-electron chi connectivity index (χ2n) is 13.6. The van der Waals surface area contributed by atoms with Gasteiger partial charge in [-0.2, -0.15) is 0 Å². The molecule has 0 N–H and O–H groups in total. The highest BCUT2D eigenvalue weighted by Crippen LogP contribution is 2.51. The summed E-state index contributed by atoms with van der Waals surface area (Å²) in [6, 6.07) is 55.7. The Morgan fingerprint density at radius 3 is 1.94 bits per heavy atom. The number of para-hydroxylation sites is 1. The lowest BCUT2D eigenvalue weighted by Gasteiger charge is -2.22. The smallest absolute Gasteiger partial charge is 0.0801 e. The van der Waals surface area contributed by atoms with Gasteiger partial charge in [0.2, 0.25) is 0 Å². The van der Waals surface area contributed by atoms with Crippen molar-refractivity contribution in [2.75, 3.05) is 0 Å². The molecule has 0 fully saturated rings. The molecule has 0 aliphatic heterocycles. The minimum atomic E-state index is -0.100. The van der Waals surface area contributed by atoms with Gasteiger partial charge in [-0.25, -0.2) is 0 Å². The average molecular weight is 613 g/mol. The van der Waals surface area contributed by atoms with Crippen molar-refractivity contribution in [1.29, 1.82) is 0 Å². The fourth-order valence-electron chi connectivity index (χ4n) is 8.22. The van der Waals surface area contributed by atoms with Gasteiger partial charge in [0.25, 0.3) is 0 Å². The van der Waals surface area contributed by atoms with E-state index in [9.17, 15) is 0 Å². The first-order valence-electron chi connectivity index (χ1n) is 16.7. The summed E-state index contributed by atoms with van der Waals surface area (Å²) in [6.07, 6.45) is 1.90. The molecule has 0 spiro atoms. The second-order valence-corrected chi connectivity index (χ2v) is 13.6. The Balaban J connectivity index is 1.14. The molecule has 1 aliphatic rings. The molecule has 10 rings (SSSR count). The molecule has 0 saturated carbocycles. The van der Waals surface area contributed by atoms with Gasteiger partial charge in [0.05, 0.1) is 22.2 Å². The van der Waals surface area contributed by atoms with Crippen molar-refractivity contribution >= 4 is 43.5 Å². The van der Waals surface area contributed by atoms with Crippen LogP contribution >= 0.6 is 0 Å². The van der Waals surface area contributed by atoms with Crippen LogP contribution in [-0.2, 0) is 5.41 Å². The van der Waals surface area contributed by atoms with E-state index in [1.165, 1.54) is 77.1 Å². The molecule has 2 heteroatoms. The Morgan fingerprint density at radius 2 is 1.12 bits per heavy atom. The minimum Gasteiger partial charge on any atom is -0.309 e. The number of benzene rings is 7. The van der Waals surface area contributed by atoms with Gasteiger partial charge in [0, 0.05) is 33.2 Å². The topological polar surface area (TPSA) is 17.8 Å². The molecule has 9 aromatic rings. The van der Waals surface area contributed by atoms with Crippen molar-refractivity contribution in [3.05, 3.63) is 169 Å². The molecule has 48 heavy (non-hydrogen) atoms. The highest BCUT2D eigenvalue weighted by molar-refractivity contribution is 6.15. The first kappa shape index (κ1) is 27.2. The number of rotatable bonds is 3. The predicted octanol–water partition coefficient (Wildman–Crippen LogP) is 12.1. The first-order chi connectivity index (χ1) is 23.6. The summed E-state index contributed by atoms with van der Waals surface area (Å²) < 4.78 is 2.43. The Kier molecular flexibility index (Phi) is 5.66. The van der Waals surface area contributed by atoms with E-state index in [1.54, 1.807) is 0 Å². The monoisotopic (exact) mass is 612 g/mol. The van der Waals surface area contributed by atoms with Gasteiger partial charge in [-0.1, -0.05) is 123 Å². The molecule has 2 heterocycles. The SMILES string of the molecule is CC1(C)c2cc(-c3ccccc3)ccc2-c2ccc(-c3ccc4c(c3)c3ccccc3n4-c3cccc4ccc5cccnc5c34)cc21. The number of nitrogens with zero attached hydrogens (tertiary/aromatic N) is 2. The van der Waals surface area contributed by atoms with Gasteiger partial charge in [0.1, 0.15) is 0 Å². The second kappa shape index (κ2) is 10.0. The lowest BCUT2D eigenvalue weighted by Crippen LogP contribution is -2.15. The van der Waals surface area contributed by atoms with Crippen LogP contribution in [0.25, 0.3) is 82.5 Å². The van der Waals surface area contributed by atoms with Gasteiger partial charge in [-0.05, 0) is 92.4 Å². The van der Waals surface area contributed by atoms with Crippen LogP contribution in [0.2, 0.25) is 0 Å². The molecule has 0 bridgehead atoms. The minimum absolute atomic E-state index is 0.100. The van der Waals surface area contributed by atoms with Crippen molar-refractivity contribution in [3.63, 3.8) is 0 Å². The van der Waals surface area contributed by atoms with Gasteiger partial charge in [0.15, 0.2) is 0 Å². The molecule has 2 aromatic heterocycles. The molecule has 1 aliphatic carbocycles. The third kappa shape index (κ3) is 3.83. The summed E-state index contributed by atoms with van der Waals surface area (Å²) in [7, 11) is 0. The molecule has 0 saturated heterocycles. The summed E-state index contributed by atoms with van der Waals surface area (Å²) >= 11 is 0. The van der Waals surface area contributed by atoms with Crippen LogP contribution in [0.15, 0.2) is 158 Å². The van der Waals surface area contributed by atoms with Crippen LogP contribution in [0.3, 0.4) is 0 Å². The summed E-state index contributed by atoms with van der Waals surface area (Å²) in [4.78, 5) is 4.86. The van der Waals surface area contributed by atoms with E-state index in [0.29, 0.717) is 0 Å². The van der Waals surface area contributed by atoms with Crippen LogP contribution < -0.4 is 0 Å². The number of hydrogen-bond donors (Lipinski definition) is 0. The van der Waals surface area contributed by atoms with E-state index < -0.39 is 0 Å². The van der Waals surface area contributed by atoms with Crippen molar-refractivity contribution in [3.8, 4) is 39.1 Å². The lowest BCUT2D eigenvalue weighted by atomic mass is 9.81. The van der Waals surface area contributed by atoms with Crippen molar-refractivity contribution in [2.45, 2.75) is 19.3 Å². The van der Waals surface area contributed by atoms with Gasteiger partial charge < -0.3 is 4.57 Å². The Morgan fingerprint density at radius 1 is 0.479 bits per heavy atom. The number of fused-ring (bicyclic) bond motifs is 9. The lowest BCUT2D eigenvalue weighted by molar-refractivity contribution is 0.661. The summed E-state index contributed by atoms with van der Waals surface area (Å²) in [5.41, 5.74) is 15.0. The molecule has 226 valence electrons. The molecule has 0 unspecified atom stereocenters. The number of pyridine rings is 1. The van der Waals surface area contributed by atoms with Crippen LogP contribution in [0.1, 0.15) is 25.0 Å². The van der Waals surface area contributed by atoms with E-state index in [-0.39, 0.29) is 5.41 Å². The fourth-order valence-corrected chi connectivity index (χ4v) is 8.22. The summed E-state index contributed by atoms with van der Waals surface area (Å²) in [5.74, 6) is 0. The summed E-state index contributed by atoms with van der Waals surface area (Å²) in [5, 5.41) is 6.03. The van der Waals surface area contributed by atoms with Crippen molar-refractivity contribution in [1.82, 2.24) is 9.55 Å². The zero-order chi connectivity index (χ0) is 32.0. The van der Waals surface area contributed by atoms with Crippen LogP contribution in [0.4, 0.5) is 0 Å². The predicted molar refractivity (Wildman–Crippen MR) is 202 cm³/mol. The first-order valence-corrected chi connectivity index (χ1v) is 16.7. The molecular formula is C46H32N2. The van der Waals surface area contributed by atoms with Crippen LogP contribution in [-0.4, -0.2) is 9.55 Å². The maximum absolute atomic E-state index is 4.86. The van der Waals surface area contributed by atoms with E-state index in [1.807, 2.05) is 12.3 Å². The maximum Gasteiger partial charge on any atom is 0.0801 e. The van der Waals surface area contributed by atoms with Crippen LogP contribution in [0, 0.1) is 0 Å².